The minimum atomic E-state index is 0.0428. The van der Waals surface area contributed by atoms with Crippen LogP contribution in [0.2, 0.25) is 0 Å². The summed E-state index contributed by atoms with van der Waals surface area (Å²) in [7, 11) is 0. The highest BCUT2D eigenvalue weighted by Gasteiger charge is 2.24. The first kappa shape index (κ1) is 41.9. The molecule has 0 heterocycles. The molecule has 262 valence electrons. The normalized spacial score (nSPS) is 14.9. The van der Waals surface area contributed by atoms with Gasteiger partial charge in [-0.25, -0.2) is 0 Å². The zero-order chi connectivity index (χ0) is 32.1. The lowest BCUT2D eigenvalue weighted by atomic mass is 9.89. The zero-order valence-electron chi connectivity index (χ0n) is 30.5. The number of unbranched alkanes of at least 4 members (excludes halogenated alkanes) is 18. The van der Waals surface area contributed by atoms with Gasteiger partial charge >= 0.3 is 0 Å². The van der Waals surface area contributed by atoms with Crippen LogP contribution in [-0.2, 0) is 9.47 Å². The Hall–Kier alpha value is -1.12. The van der Waals surface area contributed by atoms with Crippen molar-refractivity contribution in [3.63, 3.8) is 0 Å². The second-order valence-electron chi connectivity index (χ2n) is 13.7. The molecule has 0 amide bonds. The maximum Gasteiger partial charge on any atom is 0.160 e. The number of allylic oxidation sites excluding steroid dienone is 8. The molecule has 0 spiro atoms. The van der Waals surface area contributed by atoms with Gasteiger partial charge in [0.2, 0.25) is 0 Å². The third-order valence-corrected chi connectivity index (χ3v) is 9.29. The summed E-state index contributed by atoms with van der Waals surface area (Å²) in [6, 6.07) is 0. The Morgan fingerprint density at radius 2 is 0.778 bits per heavy atom. The average Bonchev–Trinajstić information content (AvgIpc) is 3.07. The average molecular weight is 627 g/mol. The molecular formula is C43H78O2. The molecule has 0 aliphatic heterocycles. The maximum absolute atomic E-state index is 6.38. The summed E-state index contributed by atoms with van der Waals surface area (Å²) >= 11 is 0. The third kappa shape index (κ3) is 30.0. The molecule has 0 radical (unpaired) electrons. The molecule has 0 saturated heterocycles. The van der Waals surface area contributed by atoms with Crippen LogP contribution in [0.15, 0.2) is 48.6 Å². The molecule has 0 N–H and O–H groups in total. The van der Waals surface area contributed by atoms with Gasteiger partial charge in [-0.1, -0.05) is 159 Å². The highest BCUT2D eigenvalue weighted by molar-refractivity contribution is 4.93. The predicted molar refractivity (Wildman–Crippen MR) is 201 cm³/mol. The molecule has 0 aromatic heterocycles. The minimum absolute atomic E-state index is 0.0428. The van der Waals surface area contributed by atoms with Gasteiger partial charge in [0.1, 0.15) is 0 Å². The van der Waals surface area contributed by atoms with Gasteiger partial charge in [0.25, 0.3) is 0 Å². The van der Waals surface area contributed by atoms with E-state index in [1.54, 1.807) is 0 Å². The van der Waals surface area contributed by atoms with Crippen LogP contribution in [0.4, 0.5) is 0 Å². The summed E-state index contributed by atoms with van der Waals surface area (Å²) in [6.07, 6.45) is 56.5. The second-order valence-corrected chi connectivity index (χ2v) is 13.7. The van der Waals surface area contributed by atoms with Crippen molar-refractivity contribution in [3.8, 4) is 0 Å². The largest absolute Gasteiger partial charge is 0.352 e. The van der Waals surface area contributed by atoms with Crippen molar-refractivity contribution >= 4 is 0 Å². The molecule has 2 nitrogen and oxygen atoms in total. The SMILES string of the molecule is CCCCC/C=C\C/C=C\CCCCCCCCOC(OCCCCCCCC/C=C\C/C=C\CCCCC)C1CCCCC1. The van der Waals surface area contributed by atoms with E-state index in [1.165, 1.54) is 173 Å². The van der Waals surface area contributed by atoms with Crippen LogP contribution in [0.25, 0.3) is 0 Å². The highest BCUT2D eigenvalue weighted by atomic mass is 16.7. The fraction of sp³-hybridized carbons (Fsp3) is 0.814. The van der Waals surface area contributed by atoms with E-state index in [1.807, 2.05) is 0 Å². The van der Waals surface area contributed by atoms with Crippen LogP contribution in [0.1, 0.15) is 200 Å². The summed E-state index contributed by atoms with van der Waals surface area (Å²) in [5.74, 6) is 0.618. The first-order chi connectivity index (χ1) is 22.4. The fourth-order valence-corrected chi connectivity index (χ4v) is 6.31. The van der Waals surface area contributed by atoms with Gasteiger partial charge in [0.15, 0.2) is 6.29 Å². The highest BCUT2D eigenvalue weighted by Crippen LogP contribution is 2.29. The van der Waals surface area contributed by atoms with Crippen LogP contribution in [0.5, 0.6) is 0 Å². The van der Waals surface area contributed by atoms with Crippen molar-refractivity contribution in [2.24, 2.45) is 5.92 Å². The zero-order valence-corrected chi connectivity index (χ0v) is 30.5. The molecule has 0 aromatic rings. The fourth-order valence-electron chi connectivity index (χ4n) is 6.31. The molecule has 1 rings (SSSR count). The number of ether oxygens (including phenoxy) is 2. The van der Waals surface area contributed by atoms with Crippen molar-refractivity contribution in [1.82, 2.24) is 0 Å². The quantitative estimate of drug-likeness (QED) is 0.0410. The molecule has 1 saturated carbocycles. The van der Waals surface area contributed by atoms with E-state index in [2.05, 4.69) is 62.5 Å². The lowest BCUT2D eigenvalue weighted by molar-refractivity contribution is -0.179. The predicted octanol–water partition coefficient (Wildman–Crippen LogP) is 14.6. The van der Waals surface area contributed by atoms with Crippen LogP contribution < -0.4 is 0 Å². The van der Waals surface area contributed by atoms with Gasteiger partial charge in [0.05, 0.1) is 0 Å². The van der Waals surface area contributed by atoms with E-state index in [4.69, 9.17) is 9.47 Å². The maximum atomic E-state index is 6.38. The Morgan fingerprint density at radius 3 is 1.18 bits per heavy atom. The van der Waals surface area contributed by atoms with Gasteiger partial charge in [-0.3, -0.25) is 0 Å². The Morgan fingerprint density at radius 1 is 0.422 bits per heavy atom. The summed E-state index contributed by atoms with van der Waals surface area (Å²) in [6.45, 7) is 6.29. The van der Waals surface area contributed by atoms with E-state index in [0.29, 0.717) is 5.92 Å². The van der Waals surface area contributed by atoms with E-state index in [-0.39, 0.29) is 6.29 Å². The molecule has 1 aliphatic carbocycles. The van der Waals surface area contributed by atoms with Gasteiger partial charge in [-0.05, 0) is 89.9 Å². The van der Waals surface area contributed by atoms with Gasteiger partial charge < -0.3 is 9.47 Å². The Bertz CT molecular complexity index is 634. The molecule has 0 bridgehead atoms. The summed E-state index contributed by atoms with van der Waals surface area (Å²) in [5.41, 5.74) is 0. The molecular weight excluding hydrogens is 548 g/mol. The van der Waals surface area contributed by atoms with Gasteiger partial charge in [-0.15, -0.1) is 0 Å². The van der Waals surface area contributed by atoms with Crippen molar-refractivity contribution < 1.29 is 9.47 Å². The molecule has 2 heteroatoms. The van der Waals surface area contributed by atoms with Crippen molar-refractivity contribution in [1.29, 1.82) is 0 Å². The van der Waals surface area contributed by atoms with Crippen LogP contribution in [0.3, 0.4) is 0 Å². The van der Waals surface area contributed by atoms with Crippen molar-refractivity contribution in [3.05, 3.63) is 48.6 Å². The number of rotatable bonds is 33. The number of hydrogen-bond donors (Lipinski definition) is 0. The molecule has 0 aromatic carbocycles. The molecule has 1 fully saturated rings. The second kappa shape index (κ2) is 35.7. The molecule has 0 unspecified atom stereocenters. The minimum Gasteiger partial charge on any atom is -0.352 e. The first-order valence-corrected chi connectivity index (χ1v) is 20.2. The third-order valence-electron chi connectivity index (χ3n) is 9.29. The summed E-state index contributed by atoms with van der Waals surface area (Å²) in [4.78, 5) is 0. The van der Waals surface area contributed by atoms with Crippen molar-refractivity contribution in [2.45, 2.75) is 206 Å². The molecule has 0 atom stereocenters. The Labute approximate surface area is 283 Å². The monoisotopic (exact) mass is 627 g/mol. The molecule has 45 heavy (non-hydrogen) atoms. The van der Waals surface area contributed by atoms with Gasteiger partial charge in [0, 0.05) is 19.1 Å². The topological polar surface area (TPSA) is 18.5 Å². The lowest BCUT2D eigenvalue weighted by Crippen LogP contribution is -2.29. The molecule has 1 aliphatic rings. The Kier molecular flexibility index (Phi) is 33.3. The smallest absolute Gasteiger partial charge is 0.160 e. The Balaban J connectivity index is 1.99. The van der Waals surface area contributed by atoms with Crippen molar-refractivity contribution in [2.75, 3.05) is 13.2 Å². The summed E-state index contributed by atoms with van der Waals surface area (Å²) in [5, 5.41) is 0. The van der Waals surface area contributed by atoms with Crippen LogP contribution in [0, 0.1) is 5.92 Å². The van der Waals surface area contributed by atoms with Crippen LogP contribution in [-0.4, -0.2) is 19.5 Å². The lowest BCUT2D eigenvalue weighted by Gasteiger charge is -2.30. The standard InChI is InChI=1S/C43H78O2/c1-3-5-7-9-11-13-15-17-19-21-23-25-27-29-31-36-40-44-43(42-38-34-33-35-39-42)45-41-37-32-30-28-26-24-22-20-18-16-14-12-10-8-6-4-2/h11-14,17-20,42-43H,3-10,15-16,21-41H2,1-2H3/b13-11-,14-12-,19-17-,20-18-. The van der Waals surface area contributed by atoms with E-state index in [9.17, 15) is 0 Å². The van der Waals surface area contributed by atoms with E-state index in [0.717, 1.165) is 26.1 Å². The first-order valence-electron chi connectivity index (χ1n) is 20.2. The van der Waals surface area contributed by atoms with E-state index < -0.39 is 0 Å². The van der Waals surface area contributed by atoms with Crippen LogP contribution >= 0.6 is 0 Å². The van der Waals surface area contributed by atoms with Gasteiger partial charge in [-0.2, -0.15) is 0 Å². The van der Waals surface area contributed by atoms with E-state index >= 15 is 0 Å². The number of hydrogen-bond acceptors (Lipinski definition) is 2. The summed E-state index contributed by atoms with van der Waals surface area (Å²) < 4.78 is 12.8.